The van der Waals surface area contributed by atoms with Crippen LogP contribution >= 0.6 is 12.4 Å². The number of likely N-dealkylation sites (N-methyl/N-ethyl adjacent to an activating group) is 1. The smallest absolute Gasteiger partial charge is 0.179 e. The first-order valence-electron chi connectivity index (χ1n) is 7.15. The van der Waals surface area contributed by atoms with E-state index in [1.165, 1.54) is 24.0 Å². The molecule has 0 saturated carbocycles. The molecule has 3 heteroatoms. The third-order valence-electron chi connectivity index (χ3n) is 3.73. The number of carbonyl (C=O) groups excluding carboxylic acids is 1. The summed E-state index contributed by atoms with van der Waals surface area (Å²) >= 11 is 0. The van der Waals surface area contributed by atoms with Crippen molar-refractivity contribution in [3.63, 3.8) is 0 Å². The van der Waals surface area contributed by atoms with E-state index >= 15 is 0 Å². The molecular formula is C16H24ClNO. The van der Waals surface area contributed by atoms with E-state index < -0.39 is 0 Å². The zero-order chi connectivity index (χ0) is 13.0. The van der Waals surface area contributed by atoms with E-state index in [0.717, 1.165) is 31.4 Å². The Kier molecular flexibility index (Phi) is 6.53. The molecule has 0 radical (unpaired) electrons. The van der Waals surface area contributed by atoms with Crippen molar-refractivity contribution in [3.05, 3.63) is 34.9 Å². The summed E-state index contributed by atoms with van der Waals surface area (Å²) in [5.74, 6) is 0.258. The molecule has 19 heavy (non-hydrogen) atoms. The Morgan fingerprint density at radius 1 is 1.26 bits per heavy atom. The summed E-state index contributed by atoms with van der Waals surface area (Å²) in [5.41, 5.74) is 3.70. The highest BCUT2D eigenvalue weighted by Crippen LogP contribution is 2.23. The van der Waals surface area contributed by atoms with Crippen LogP contribution < -0.4 is 5.32 Å². The van der Waals surface area contributed by atoms with Crippen LogP contribution in [0.3, 0.4) is 0 Å². The maximum absolute atomic E-state index is 12.5. The van der Waals surface area contributed by atoms with Crippen molar-refractivity contribution in [2.45, 2.75) is 52.0 Å². The molecular weight excluding hydrogens is 258 g/mol. The molecule has 0 bridgehead atoms. The molecule has 1 unspecified atom stereocenters. The summed E-state index contributed by atoms with van der Waals surface area (Å²) in [7, 11) is 0. The highest BCUT2D eigenvalue weighted by atomic mass is 35.5. The Bertz CT molecular complexity index is 425. The molecule has 2 rings (SSSR count). The molecule has 0 amide bonds. The fraction of sp³-hybridized carbons (Fsp3) is 0.562. The molecule has 1 atom stereocenters. The van der Waals surface area contributed by atoms with Crippen molar-refractivity contribution in [3.8, 4) is 0 Å². The van der Waals surface area contributed by atoms with Crippen molar-refractivity contribution in [1.82, 2.24) is 5.32 Å². The van der Waals surface area contributed by atoms with Gasteiger partial charge >= 0.3 is 0 Å². The quantitative estimate of drug-likeness (QED) is 0.808. The number of carbonyl (C=O) groups is 1. The molecule has 1 aliphatic carbocycles. The van der Waals surface area contributed by atoms with Crippen LogP contribution in [0.2, 0.25) is 0 Å². The van der Waals surface area contributed by atoms with Gasteiger partial charge in [0.15, 0.2) is 5.78 Å². The standard InChI is InChI=1S/C16H23NO.ClH/c1-3-6-15(17-4-2)16(18)14-10-9-12-7-5-8-13(12)11-14;/h9-11,15,17H,3-8H2,1-2H3;1H. The molecule has 2 nitrogen and oxygen atoms in total. The molecule has 1 N–H and O–H groups in total. The Morgan fingerprint density at radius 2 is 2.00 bits per heavy atom. The summed E-state index contributed by atoms with van der Waals surface area (Å²) in [6, 6.07) is 6.25. The topological polar surface area (TPSA) is 29.1 Å². The van der Waals surface area contributed by atoms with Gasteiger partial charge in [-0.3, -0.25) is 4.79 Å². The van der Waals surface area contributed by atoms with E-state index in [1.807, 2.05) is 6.07 Å². The summed E-state index contributed by atoms with van der Waals surface area (Å²) in [4.78, 5) is 12.5. The molecule has 0 spiro atoms. The number of ketones is 1. The lowest BCUT2D eigenvalue weighted by Crippen LogP contribution is -2.36. The van der Waals surface area contributed by atoms with Crippen molar-refractivity contribution in [2.24, 2.45) is 0 Å². The number of hydrogen-bond acceptors (Lipinski definition) is 2. The van der Waals surface area contributed by atoms with Crippen molar-refractivity contribution >= 4 is 18.2 Å². The minimum absolute atomic E-state index is 0. The normalized spacial score (nSPS) is 14.6. The predicted octanol–water partition coefficient (Wildman–Crippen LogP) is 3.56. The Labute approximate surface area is 122 Å². The van der Waals surface area contributed by atoms with Crippen molar-refractivity contribution in [2.75, 3.05) is 6.54 Å². The predicted molar refractivity (Wildman–Crippen MR) is 82.4 cm³/mol. The summed E-state index contributed by atoms with van der Waals surface area (Å²) in [6.45, 7) is 5.03. The van der Waals surface area contributed by atoms with E-state index in [4.69, 9.17) is 0 Å². The Hall–Kier alpha value is -0.860. The molecule has 1 aliphatic rings. The third kappa shape index (κ3) is 3.80. The lowest BCUT2D eigenvalue weighted by Gasteiger charge is -2.16. The number of halogens is 1. The second kappa shape index (κ2) is 7.66. The minimum Gasteiger partial charge on any atom is -0.307 e. The largest absolute Gasteiger partial charge is 0.307 e. The molecule has 0 saturated heterocycles. The van der Waals surface area contributed by atoms with Crippen LogP contribution in [0.5, 0.6) is 0 Å². The zero-order valence-electron chi connectivity index (χ0n) is 11.9. The molecule has 1 aromatic rings. The van der Waals surface area contributed by atoms with Gasteiger partial charge in [-0.1, -0.05) is 32.4 Å². The van der Waals surface area contributed by atoms with Crippen LogP contribution in [-0.2, 0) is 12.8 Å². The summed E-state index contributed by atoms with van der Waals surface area (Å²) in [5, 5.41) is 3.30. The highest BCUT2D eigenvalue weighted by molar-refractivity contribution is 6.00. The molecule has 1 aromatic carbocycles. The first kappa shape index (κ1) is 16.2. The average Bonchev–Trinajstić information content (AvgIpc) is 2.84. The number of nitrogens with one attached hydrogen (secondary N) is 1. The van der Waals surface area contributed by atoms with Gasteiger partial charge in [0.1, 0.15) is 0 Å². The molecule has 0 heterocycles. The maximum atomic E-state index is 12.5. The second-order valence-corrected chi connectivity index (χ2v) is 5.10. The van der Waals surface area contributed by atoms with Gasteiger partial charge in [0.05, 0.1) is 6.04 Å². The summed E-state index contributed by atoms with van der Waals surface area (Å²) < 4.78 is 0. The van der Waals surface area contributed by atoms with Crippen LogP contribution in [0.15, 0.2) is 18.2 Å². The van der Waals surface area contributed by atoms with Crippen LogP contribution in [0.25, 0.3) is 0 Å². The number of fused-ring (bicyclic) bond motifs is 1. The average molecular weight is 282 g/mol. The molecule has 106 valence electrons. The molecule has 0 aliphatic heterocycles. The zero-order valence-corrected chi connectivity index (χ0v) is 12.7. The monoisotopic (exact) mass is 281 g/mol. The van der Waals surface area contributed by atoms with Gasteiger partial charge < -0.3 is 5.32 Å². The van der Waals surface area contributed by atoms with Gasteiger partial charge in [0.25, 0.3) is 0 Å². The molecule has 0 aromatic heterocycles. The second-order valence-electron chi connectivity index (χ2n) is 5.10. The number of Topliss-reactive ketones (excluding diaryl/α,β-unsaturated/α-hetero) is 1. The Morgan fingerprint density at radius 3 is 2.68 bits per heavy atom. The van der Waals surface area contributed by atoms with Crippen molar-refractivity contribution < 1.29 is 4.79 Å². The third-order valence-corrected chi connectivity index (χ3v) is 3.73. The number of benzene rings is 1. The van der Waals surface area contributed by atoms with E-state index in [-0.39, 0.29) is 24.2 Å². The first-order chi connectivity index (χ1) is 8.76. The minimum atomic E-state index is -0.0144. The van der Waals surface area contributed by atoms with Crippen molar-refractivity contribution in [1.29, 1.82) is 0 Å². The highest BCUT2D eigenvalue weighted by Gasteiger charge is 2.20. The Balaban J connectivity index is 0.00000180. The van der Waals surface area contributed by atoms with E-state index in [2.05, 4.69) is 31.3 Å². The lowest BCUT2D eigenvalue weighted by molar-refractivity contribution is 0.0938. The lowest BCUT2D eigenvalue weighted by atomic mass is 9.97. The van der Waals surface area contributed by atoms with Crippen LogP contribution in [0.1, 0.15) is 54.6 Å². The SMILES string of the molecule is CCCC(NCC)C(=O)c1ccc2c(c1)CCC2.Cl. The van der Waals surface area contributed by atoms with Crippen LogP contribution in [0, 0.1) is 0 Å². The summed E-state index contributed by atoms with van der Waals surface area (Å²) in [6.07, 6.45) is 5.50. The van der Waals surface area contributed by atoms with Gasteiger partial charge in [0, 0.05) is 5.56 Å². The number of hydrogen-bond donors (Lipinski definition) is 1. The van der Waals surface area contributed by atoms with E-state index in [9.17, 15) is 4.79 Å². The fourth-order valence-corrected chi connectivity index (χ4v) is 2.79. The van der Waals surface area contributed by atoms with Crippen LogP contribution in [0.4, 0.5) is 0 Å². The first-order valence-corrected chi connectivity index (χ1v) is 7.15. The van der Waals surface area contributed by atoms with Gasteiger partial charge in [0.2, 0.25) is 0 Å². The fourth-order valence-electron chi connectivity index (χ4n) is 2.79. The van der Waals surface area contributed by atoms with E-state index in [1.54, 1.807) is 0 Å². The number of aryl methyl sites for hydroxylation is 2. The number of rotatable bonds is 6. The van der Waals surface area contributed by atoms with Gasteiger partial charge in [-0.2, -0.15) is 0 Å². The maximum Gasteiger partial charge on any atom is 0.179 e. The van der Waals surface area contributed by atoms with Gasteiger partial charge in [-0.25, -0.2) is 0 Å². The van der Waals surface area contributed by atoms with Crippen LogP contribution in [-0.4, -0.2) is 18.4 Å². The van der Waals surface area contributed by atoms with E-state index in [0.29, 0.717) is 0 Å². The molecule has 0 fully saturated rings. The van der Waals surface area contributed by atoms with Gasteiger partial charge in [-0.15, -0.1) is 12.4 Å². The van der Waals surface area contributed by atoms with Gasteiger partial charge in [-0.05, 0) is 49.4 Å².